The Morgan fingerprint density at radius 3 is 2.19 bits per heavy atom. The van der Waals surface area contributed by atoms with E-state index in [1.807, 2.05) is 0 Å². The van der Waals surface area contributed by atoms with E-state index in [2.05, 4.69) is 0 Å². The van der Waals surface area contributed by atoms with E-state index >= 15 is 0 Å². The van der Waals surface area contributed by atoms with E-state index in [0.717, 1.165) is 6.26 Å². The number of rotatable bonds is 5. The maximum absolute atomic E-state index is 12.1. The van der Waals surface area contributed by atoms with Crippen LogP contribution in [0.2, 0.25) is 0 Å². The Morgan fingerprint density at radius 2 is 1.67 bits per heavy atom. The zero-order valence-corrected chi connectivity index (χ0v) is 15.8. The highest BCUT2D eigenvalue weighted by Crippen LogP contribution is 2.34. The van der Waals surface area contributed by atoms with Crippen molar-refractivity contribution in [1.82, 2.24) is 13.8 Å². The van der Waals surface area contributed by atoms with Gasteiger partial charge in [0.05, 0.1) is 6.26 Å². The van der Waals surface area contributed by atoms with Gasteiger partial charge in [-0.15, -0.1) is 0 Å². The van der Waals surface area contributed by atoms with Crippen LogP contribution in [0.5, 0.6) is 0 Å². The quantitative estimate of drug-likeness (QED) is 0.760. The molecule has 146 valence electrons. The zero-order valence-electron chi connectivity index (χ0n) is 15.0. The summed E-state index contributed by atoms with van der Waals surface area (Å²) in [6.07, 6.45) is 1.12. The fraction of sp³-hybridized carbons (Fsp3) is 0.412. The highest BCUT2D eigenvalue weighted by molar-refractivity contribution is 7.88. The van der Waals surface area contributed by atoms with Gasteiger partial charge in [0.2, 0.25) is 10.0 Å². The van der Waals surface area contributed by atoms with Crippen molar-refractivity contribution in [3.8, 4) is 0 Å². The average molecular weight is 395 g/mol. The van der Waals surface area contributed by atoms with Gasteiger partial charge in [-0.05, 0) is 6.07 Å². The molecule has 0 unspecified atom stereocenters. The third-order valence-electron chi connectivity index (χ3n) is 4.96. The van der Waals surface area contributed by atoms with E-state index in [1.54, 1.807) is 36.2 Å². The molecular weight excluding hydrogens is 374 g/mol. The number of benzene rings is 1. The molecule has 2 aromatic rings. The van der Waals surface area contributed by atoms with Crippen LogP contribution in [0.15, 0.2) is 24.3 Å². The normalized spacial score (nSPS) is 17.9. The number of carboxylic acids is 2. The number of carbonyl (C=O) groups is 2. The number of hydrogen-bond acceptors (Lipinski definition) is 5. The number of carboxylic acid groups (broad SMARTS) is 2. The SMILES string of the molecule is Cn1c(C(=O)O)c([C@@H](C(=O)O)N2CCN(S(C)(=O)=O)CC2)c2ccccc21. The third kappa shape index (κ3) is 3.43. The number of nitrogens with zero attached hydrogens (tertiary/aromatic N) is 3. The smallest absolute Gasteiger partial charge is 0.352 e. The first-order valence-corrected chi connectivity index (χ1v) is 10.2. The Labute approximate surface area is 156 Å². The molecule has 27 heavy (non-hydrogen) atoms. The number of aromatic nitrogens is 1. The van der Waals surface area contributed by atoms with Crippen LogP contribution in [0.4, 0.5) is 0 Å². The lowest BCUT2D eigenvalue weighted by atomic mass is 10.0. The molecule has 3 rings (SSSR count). The lowest BCUT2D eigenvalue weighted by molar-refractivity contribution is -0.144. The average Bonchev–Trinajstić information content (AvgIpc) is 2.88. The molecule has 1 atom stereocenters. The number of hydrogen-bond donors (Lipinski definition) is 2. The number of sulfonamides is 1. The maximum atomic E-state index is 12.1. The van der Waals surface area contributed by atoms with Gasteiger partial charge in [-0.3, -0.25) is 9.69 Å². The van der Waals surface area contributed by atoms with E-state index in [4.69, 9.17) is 0 Å². The summed E-state index contributed by atoms with van der Waals surface area (Å²) in [4.78, 5) is 25.6. The molecule has 0 amide bonds. The van der Waals surface area contributed by atoms with Crippen LogP contribution < -0.4 is 0 Å². The molecule has 2 heterocycles. The predicted molar refractivity (Wildman–Crippen MR) is 98.2 cm³/mol. The number of aromatic carboxylic acids is 1. The van der Waals surface area contributed by atoms with Gasteiger partial charge in [0.15, 0.2) is 0 Å². The van der Waals surface area contributed by atoms with Gasteiger partial charge in [-0.2, -0.15) is 4.31 Å². The highest BCUT2D eigenvalue weighted by Gasteiger charge is 2.37. The zero-order chi connectivity index (χ0) is 19.9. The second kappa shape index (κ2) is 6.95. The molecule has 1 saturated heterocycles. The van der Waals surface area contributed by atoms with Gasteiger partial charge in [0.25, 0.3) is 0 Å². The minimum absolute atomic E-state index is 0.0749. The summed E-state index contributed by atoms with van der Waals surface area (Å²) in [7, 11) is -1.76. The molecule has 1 aromatic heterocycles. The second-order valence-corrected chi connectivity index (χ2v) is 8.56. The van der Waals surface area contributed by atoms with Crippen LogP contribution in [0.1, 0.15) is 22.1 Å². The topological polar surface area (TPSA) is 120 Å². The van der Waals surface area contributed by atoms with Crippen molar-refractivity contribution in [1.29, 1.82) is 0 Å². The number of aryl methyl sites for hydroxylation is 1. The summed E-state index contributed by atoms with van der Waals surface area (Å²) >= 11 is 0. The standard InChI is InChI=1S/C17H21N3O6S/c1-18-12-6-4-3-5-11(12)13(14(18)16(21)22)15(17(23)24)19-7-9-20(10-8-19)27(2,25)26/h3-6,15H,7-10H2,1-2H3,(H,21,22)(H,23,24)/t15-/m0/s1. The largest absolute Gasteiger partial charge is 0.480 e. The van der Waals surface area contributed by atoms with Crippen LogP contribution in [0.25, 0.3) is 10.9 Å². The highest BCUT2D eigenvalue weighted by atomic mass is 32.2. The first-order valence-electron chi connectivity index (χ1n) is 8.35. The maximum Gasteiger partial charge on any atom is 0.352 e. The molecule has 2 N–H and O–H groups in total. The van der Waals surface area contributed by atoms with Crippen LogP contribution in [0.3, 0.4) is 0 Å². The van der Waals surface area contributed by atoms with Crippen molar-refractivity contribution in [2.75, 3.05) is 32.4 Å². The minimum atomic E-state index is -3.35. The molecule has 0 radical (unpaired) electrons. The molecule has 1 aliphatic heterocycles. The molecule has 1 aromatic carbocycles. The molecule has 1 fully saturated rings. The van der Waals surface area contributed by atoms with Crippen LogP contribution in [-0.4, -0.2) is 76.8 Å². The van der Waals surface area contributed by atoms with Gasteiger partial charge in [0, 0.05) is 49.7 Å². The van der Waals surface area contributed by atoms with Crippen molar-refractivity contribution in [2.24, 2.45) is 7.05 Å². The van der Waals surface area contributed by atoms with E-state index < -0.39 is 28.0 Å². The van der Waals surface area contributed by atoms with Gasteiger partial charge in [-0.1, -0.05) is 18.2 Å². The van der Waals surface area contributed by atoms with E-state index in [9.17, 15) is 28.2 Å². The molecule has 0 aliphatic carbocycles. The summed E-state index contributed by atoms with van der Waals surface area (Å²) in [5.41, 5.74) is 0.779. The molecule has 0 bridgehead atoms. The summed E-state index contributed by atoms with van der Waals surface area (Å²) in [6.45, 7) is 0.726. The molecular formula is C17H21N3O6S. The fourth-order valence-electron chi connectivity index (χ4n) is 3.71. The van der Waals surface area contributed by atoms with E-state index in [0.29, 0.717) is 10.9 Å². The Hall–Kier alpha value is -2.43. The molecule has 0 saturated carbocycles. The van der Waals surface area contributed by atoms with Crippen molar-refractivity contribution in [2.45, 2.75) is 6.04 Å². The first-order chi connectivity index (χ1) is 12.6. The Kier molecular flexibility index (Phi) is 4.98. The number of para-hydroxylation sites is 1. The number of fused-ring (bicyclic) bond motifs is 1. The van der Waals surface area contributed by atoms with Crippen LogP contribution in [0, 0.1) is 0 Å². The lowest BCUT2D eigenvalue weighted by Crippen LogP contribution is -2.50. The Balaban J connectivity index is 2.08. The van der Waals surface area contributed by atoms with E-state index in [-0.39, 0.29) is 37.4 Å². The molecule has 9 nitrogen and oxygen atoms in total. The first kappa shape index (κ1) is 19.3. The predicted octanol–water partition coefficient (Wildman–Crippen LogP) is 0.579. The monoisotopic (exact) mass is 395 g/mol. The summed E-state index contributed by atoms with van der Waals surface area (Å²) in [5, 5.41) is 20.2. The molecule has 0 spiro atoms. The summed E-state index contributed by atoms with van der Waals surface area (Å²) in [6, 6.07) is 5.77. The Morgan fingerprint density at radius 1 is 1.07 bits per heavy atom. The van der Waals surface area contributed by atoms with Gasteiger partial charge < -0.3 is 14.8 Å². The lowest BCUT2D eigenvalue weighted by Gasteiger charge is -2.36. The van der Waals surface area contributed by atoms with Gasteiger partial charge in [-0.25, -0.2) is 13.2 Å². The Bertz CT molecular complexity index is 1010. The second-order valence-electron chi connectivity index (χ2n) is 6.58. The van der Waals surface area contributed by atoms with Crippen molar-refractivity contribution >= 4 is 32.9 Å². The van der Waals surface area contributed by atoms with Gasteiger partial charge in [0.1, 0.15) is 11.7 Å². The third-order valence-corrected chi connectivity index (χ3v) is 6.27. The minimum Gasteiger partial charge on any atom is -0.480 e. The summed E-state index contributed by atoms with van der Waals surface area (Å²) < 4.78 is 26.2. The molecule has 1 aliphatic rings. The van der Waals surface area contributed by atoms with Crippen LogP contribution in [-0.2, 0) is 21.9 Å². The van der Waals surface area contributed by atoms with Crippen molar-refractivity contribution < 1.29 is 28.2 Å². The molecule has 10 heteroatoms. The number of piperazine rings is 1. The fourth-order valence-corrected chi connectivity index (χ4v) is 4.54. The van der Waals surface area contributed by atoms with Gasteiger partial charge >= 0.3 is 11.9 Å². The van der Waals surface area contributed by atoms with E-state index in [1.165, 1.54) is 8.87 Å². The number of aliphatic carboxylic acids is 1. The summed E-state index contributed by atoms with van der Waals surface area (Å²) in [5.74, 6) is -2.37. The van der Waals surface area contributed by atoms with Crippen molar-refractivity contribution in [3.05, 3.63) is 35.5 Å². The van der Waals surface area contributed by atoms with Crippen molar-refractivity contribution in [3.63, 3.8) is 0 Å². The van der Waals surface area contributed by atoms with Crippen LogP contribution >= 0.6 is 0 Å².